The van der Waals surface area contributed by atoms with Crippen molar-refractivity contribution < 1.29 is 18.7 Å². The van der Waals surface area contributed by atoms with Gasteiger partial charge in [0, 0.05) is 5.02 Å². The van der Waals surface area contributed by atoms with Gasteiger partial charge < -0.3 is 10.1 Å². The molecule has 0 spiro atoms. The van der Waals surface area contributed by atoms with E-state index in [1.54, 1.807) is 31.2 Å². The minimum absolute atomic E-state index is 0.0384. The van der Waals surface area contributed by atoms with E-state index in [-0.39, 0.29) is 11.6 Å². The molecule has 0 aromatic heterocycles. The summed E-state index contributed by atoms with van der Waals surface area (Å²) in [5.74, 6) is -0.306. The molecule has 7 heteroatoms. The van der Waals surface area contributed by atoms with Crippen LogP contribution < -0.4 is 10.1 Å². The zero-order chi connectivity index (χ0) is 18.2. The van der Waals surface area contributed by atoms with Gasteiger partial charge in [0.1, 0.15) is 17.1 Å². The van der Waals surface area contributed by atoms with E-state index in [0.29, 0.717) is 16.9 Å². The number of urea groups is 1. The van der Waals surface area contributed by atoms with Crippen LogP contribution in [0.15, 0.2) is 42.5 Å². The van der Waals surface area contributed by atoms with Gasteiger partial charge in [-0.3, -0.25) is 9.69 Å². The zero-order valence-electron chi connectivity index (χ0n) is 13.7. The summed E-state index contributed by atoms with van der Waals surface area (Å²) in [6, 6.07) is 10.3. The minimum atomic E-state index is -1.21. The molecule has 1 aliphatic heterocycles. The van der Waals surface area contributed by atoms with Crippen molar-refractivity contribution in [1.82, 2.24) is 10.2 Å². The van der Waals surface area contributed by atoms with Crippen LogP contribution in [0, 0.1) is 5.82 Å². The van der Waals surface area contributed by atoms with E-state index in [0.717, 1.165) is 11.0 Å². The number of imide groups is 1. The van der Waals surface area contributed by atoms with E-state index in [2.05, 4.69) is 5.32 Å². The van der Waals surface area contributed by atoms with E-state index >= 15 is 0 Å². The summed E-state index contributed by atoms with van der Waals surface area (Å²) in [6.45, 7) is 1.59. The van der Waals surface area contributed by atoms with Gasteiger partial charge in [-0.1, -0.05) is 29.8 Å². The molecule has 1 saturated heterocycles. The van der Waals surface area contributed by atoms with Gasteiger partial charge in [0.2, 0.25) is 0 Å². The number of amides is 3. The Hall–Kier alpha value is -2.60. The topological polar surface area (TPSA) is 58.6 Å². The molecule has 0 unspecified atom stereocenters. The molecule has 3 amide bonds. The van der Waals surface area contributed by atoms with Crippen molar-refractivity contribution in [2.24, 2.45) is 0 Å². The Morgan fingerprint density at radius 3 is 2.68 bits per heavy atom. The first kappa shape index (κ1) is 17.2. The second kappa shape index (κ2) is 6.37. The Morgan fingerprint density at radius 1 is 1.24 bits per heavy atom. The van der Waals surface area contributed by atoms with Crippen molar-refractivity contribution in [2.75, 3.05) is 7.11 Å². The minimum Gasteiger partial charge on any atom is -0.497 e. The van der Waals surface area contributed by atoms with Gasteiger partial charge in [0.25, 0.3) is 5.91 Å². The molecule has 1 heterocycles. The van der Waals surface area contributed by atoms with Crippen LogP contribution in [-0.2, 0) is 16.9 Å². The summed E-state index contributed by atoms with van der Waals surface area (Å²) in [4.78, 5) is 26.3. The van der Waals surface area contributed by atoms with Crippen LogP contribution in [0.5, 0.6) is 5.75 Å². The van der Waals surface area contributed by atoms with Crippen LogP contribution in [-0.4, -0.2) is 23.9 Å². The van der Waals surface area contributed by atoms with Crippen molar-refractivity contribution >= 4 is 23.5 Å². The number of carbonyl (C=O) groups is 2. The molecule has 2 aromatic rings. The van der Waals surface area contributed by atoms with Crippen LogP contribution in [0.3, 0.4) is 0 Å². The molecule has 3 rings (SSSR count). The predicted molar refractivity (Wildman–Crippen MR) is 90.8 cm³/mol. The number of nitrogens with one attached hydrogen (secondary N) is 1. The molecular weight excluding hydrogens is 347 g/mol. The highest BCUT2D eigenvalue weighted by Crippen LogP contribution is 2.32. The number of methoxy groups -OCH3 is 1. The third-order valence-electron chi connectivity index (χ3n) is 4.27. The van der Waals surface area contributed by atoms with Crippen molar-refractivity contribution in [3.8, 4) is 5.75 Å². The van der Waals surface area contributed by atoms with E-state index in [4.69, 9.17) is 16.3 Å². The third kappa shape index (κ3) is 3.05. The van der Waals surface area contributed by atoms with Crippen molar-refractivity contribution in [2.45, 2.75) is 19.0 Å². The molecular formula is C18H16ClFN2O3. The highest BCUT2D eigenvalue weighted by Gasteiger charge is 2.49. The molecule has 1 N–H and O–H groups in total. The predicted octanol–water partition coefficient (Wildman–Crippen LogP) is 3.45. The molecule has 1 atom stereocenters. The Kier molecular flexibility index (Phi) is 4.39. The van der Waals surface area contributed by atoms with Crippen LogP contribution in [0.1, 0.15) is 18.1 Å². The first-order chi connectivity index (χ1) is 11.8. The largest absolute Gasteiger partial charge is 0.497 e. The van der Waals surface area contributed by atoms with Crippen LogP contribution in [0.4, 0.5) is 9.18 Å². The number of rotatable bonds is 4. The zero-order valence-corrected chi connectivity index (χ0v) is 14.4. The van der Waals surface area contributed by atoms with E-state index < -0.39 is 23.3 Å². The maximum atomic E-state index is 13.2. The summed E-state index contributed by atoms with van der Waals surface area (Å²) in [6.07, 6.45) is 0. The van der Waals surface area contributed by atoms with Crippen LogP contribution >= 0.6 is 11.6 Å². The van der Waals surface area contributed by atoms with E-state index in [1.165, 1.54) is 19.2 Å². The normalized spacial score (nSPS) is 19.9. The molecule has 0 saturated carbocycles. The summed E-state index contributed by atoms with van der Waals surface area (Å²) < 4.78 is 18.4. The number of hydrogen-bond acceptors (Lipinski definition) is 3. The van der Waals surface area contributed by atoms with E-state index in [9.17, 15) is 14.0 Å². The SMILES string of the molecule is COc1cccc([C@]2(C)NC(=O)N(Cc3ccc(F)cc3Cl)C2=O)c1. The van der Waals surface area contributed by atoms with Gasteiger partial charge in [0.05, 0.1) is 13.7 Å². The molecule has 0 radical (unpaired) electrons. The lowest BCUT2D eigenvalue weighted by molar-refractivity contribution is -0.131. The molecule has 25 heavy (non-hydrogen) atoms. The molecule has 1 fully saturated rings. The highest BCUT2D eigenvalue weighted by molar-refractivity contribution is 6.31. The second-order valence-corrected chi connectivity index (χ2v) is 6.32. The summed E-state index contributed by atoms with van der Waals surface area (Å²) in [7, 11) is 1.53. The molecule has 130 valence electrons. The fourth-order valence-corrected chi connectivity index (χ4v) is 3.02. The molecule has 5 nitrogen and oxygen atoms in total. The van der Waals surface area contributed by atoms with Gasteiger partial charge in [-0.05, 0) is 42.3 Å². The molecule has 0 aliphatic carbocycles. The Morgan fingerprint density at radius 2 is 2.00 bits per heavy atom. The Labute approximate surface area is 149 Å². The average Bonchev–Trinajstić information content (AvgIpc) is 2.81. The summed E-state index contributed by atoms with van der Waals surface area (Å²) in [5, 5.41) is 2.88. The molecule has 1 aliphatic rings. The Bertz CT molecular complexity index is 858. The standard InChI is InChI=1S/C18H16ClFN2O3/c1-18(12-4-3-5-14(8-12)25-2)16(23)22(17(24)21-18)10-11-6-7-13(20)9-15(11)19/h3-9H,10H2,1-2H3,(H,21,24)/t18-/m0/s1. The van der Waals surface area contributed by atoms with Gasteiger partial charge in [0.15, 0.2) is 0 Å². The first-order valence-corrected chi connectivity index (χ1v) is 7.95. The summed E-state index contributed by atoms with van der Waals surface area (Å²) in [5.41, 5.74) is -0.114. The van der Waals surface area contributed by atoms with E-state index in [1.807, 2.05) is 0 Å². The quantitative estimate of drug-likeness (QED) is 0.847. The number of halogens is 2. The highest BCUT2D eigenvalue weighted by atomic mass is 35.5. The Balaban J connectivity index is 1.91. The lowest BCUT2D eigenvalue weighted by Crippen LogP contribution is -2.40. The van der Waals surface area contributed by atoms with Gasteiger partial charge in [-0.15, -0.1) is 0 Å². The molecule has 2 aromatic carbocycles. The number of benzene rings is 2. The van der Waals surface area contributed by atoms with Gasteiger partial charge >= 0.3 is 6.03 Å². The lowest BCUT2D eigenvalue weighted by atomic mass is 9.92. The smallest absolute Gasteiger partial charge is 0.325 e. The average molecular weight is 363 g/mol. The van der Waals surface area contributed by atoms with Crippen LogP contribution in [0.25, 0.3) is 0 Å². The lowest BCUT2D eigenvalue weighted by Gasteiger charge is -2.23. The van der Waals surface area contributed by atoms with Crippen molar-refractivity contribution in [3.05, 3.63) is 64.4 Å². The molecule has 0 bridgehead atoms. The number of ether oxygens (including phenoxy) is 1. The third-order valence-corrected chi connectivity index (χ3v) is 4.62. The number of hydrogen-bond donors (Lipinski definition) is 1. The first-order valence-electron chi connectivity index (χ1n) is 7.57. The summed E-state index contributed by atoms with van der Waals surface area (Å²) >= 11 is 6.00. The number of nitrogens with zero attached hydrogens (tertiary/aromatic N) is 1. The maximum absolute atomic E-state index is 13.2. The van der Waals surface area contributed by atoms with Gasteiger partial charge in [-0.2, -0.15) is 0 Å². The van der Waals surface area contributed by atoms with Crippen LogP contribution in [0.2, 0.25) is 5.02 Å². The number of carbonyl (C=O) groups excluding carboxylic acids is 2. The maximum Gasteiger partial charge on any atom is 0.325 e. The monoisotopic (exact) mass is 362 g/mol. The van der Waals surface area contributed by atoms with Crippen molar-refractivity contribution in [1.29, 1.82) is 0 Å². The van der Waals surface area contributed by atoms with Crippen molar-refractivity contribution in [3.63, 3.8) is 0 Å². The second-order valence-electron chi connectivity index (χ2n) is 5.91. The van der Waals surface area contributed by atoms with Gasteiger partial charge in [-0.25, -0.2) is 9.18 Å². The fourth-order valence-electron chi connectivity index (χ4n) is 2.79. The fraction of sp³-hybridized carbons (Fsp3) is 0.222.